The molecule has 1 aromatic heterocycles. The van der Waals surface area contributed by atoms with Gasteiger partial charge in [0, 0.05) is 29.6 Å². The van der Waals surface area contributed by atoms with E-state index in [9.17, 15) is 9.59 Å². The summed E-state index contributed by atoms with van der Waals surface area (Å²) in [5.74, 6) is 0.690. The zero-order valence-corrected chi connectivity index (χ0v) is 12.5. The molecule has 1 saturated heterocycles. The summed E-state index contributed by atoms with van der Waals surface area (Å²) in [6, 6.07) is 3.70. The SMILES string of the molecule is CC(=O)SC1CC(=O)N(c2ccc(Br)c(C)n2)C1. The molecular weight excluding hydrogens is 316 g/mol. The number of halogens is 1. The van der Waals surface area contributed by atoms with Crippen LogP contribution in [-0.2, 0) is 9.59 Å². The normalized spacial score (nSPS) is 19.4. The number of hydrogen-bond acceptors (Lipinski definition) is 4. The number of nitrogens with zero attached hydrogens (tertiary/aromatic N) is 2. The lowest BCUT2D eigenvalue weighted by atomic mass is 10.3. The topological polar surface area (TPSA) is 50.3 Å². The minimum atomic E-state index is 0.0305. The first kappa shape index (κ1) is 13.5. The van der Waals surface area contributed by atoms with Crippen molar-refractivity contribution in [2.45, 2.75) is 25.5 Å². The van der Waals surface area contributed by atoms with Gasteiger partial charge in [-0.3, -0.25) is 14.5 Å². The van der Waals surface area contributed by atoms with Gasteiger partial charge in [-0.15, -0.1) is 0 Å². The van der Waals surface area contributed by atoms with Crippen molar-refractivity contribution in [1.29, 1.82) is 0 Å². The molecule has 0 radical (unpaired) electrons. The molecule has 18 heavy (non-hydrogen) atoms. The van der Waals surface area contributed by atoms with Gasteiger partial charge < -0.3 is 0 Å². The van der Waals surface area contributed by atoms with E-state index in [1.54, 1.807) is 4.90 Å². The Kier molecular flexibility index (Phi) is 4.07. The molecule has 1 fully saturated rings. The molecular formula is C12H13BrN2O2S. The molecule has 1 aliphatic heterocycles. The lowest BCUT2D eigenvalue weighted by Gasteiger charge is -2.16. The van der Waals surface area contributed by atoms with Crippen LogP contribution in [0.5, 0.6) is 0 Å². The van der Waals surface area contributed by atoms with Crippen LogP contribution in [0.1, 0.15) is 19.0 Å². The molecule has 96 valence electrons. The van der Waals surface area contributed by atoms with Crippen LogP contribution < -0.4 is 4.90 Å². The molecule has 4 nitrogen and oxygen atoms in total. The van der Waals surface area contributed by atoms with Crippen LogP contribution in [0.25, 0.3) is 0 Å². The molecule has 2 rings (SSSR count). The van der Waals surface area contributed by atoms with E-state index in [1.807, 2.05) is 19.1 Å². The summed E-state index contributed by atoms with van der Waals surface area (Å²) in [7, 11) is 0. The monoisotopic (exact) mass is 328 g/mol. The number of carbonyl (C=O) groups excluding carboxylic acids is 2. The molecule has 0 aliphatic carbocycles. The second-order valence-corrected chi connectivity index (χ2v) is 6.51. The standard InChI is InChI=1S/C12H13BrN2O2S/c1-7-10(13)3-4-11(14-7)15-6-9(5-12(15)17)18-8(2)16/h3-4,9H,5-6H2,1-2H3. The molecule has 0 spiro atoms. The van der Waals surface area contributed by atoms with Crippen molar-refractivity contribution in [1.82, 2.24) is 4.98 Å². The summed E-state index contributed by atoms with van der Waals surface area (Å²) in [6.45, 7) is 3.97. The maximum Gasteiger partial charge on any atom is 0.229 e. The fourth-order valence-electron chi connectivity index (χ4n) is 1.89. The van der Waals surface area contributed by atoms with Crippen LogP contribution in [0.4, 0.5) is 5.82 Å². The van der Waals surface area contributed by atoms with E-state index in [0.717, 1.165) is 10.2 Å². The third-order valence-corrected chi connectivity index (χ3v) is 4.52. The van der Waals surface area contributed by atoms with Crippen molar-refractivity contribution < 1.29 is 9.59 Å². The van der Waals surface area contributed by atoms with Gasteiger partial charge in [-0.1, -0.05) is 11.8 Å². The third-order valence-electron chi connectivity index (χ3n) is 2.71. The maximum atomic E-state index is 11.9. The van der Waals surface area contributed by atoms with Gasteiger partial charge in [0.25, 0.3) is 0 Å². The fraction of sp³-hybridized carbons (Fsp3) is 0.417. The van der Waals surface area contributed by atoms with E-state index in [1.165, 1.54) is 18.7 Å². The highest BCUT2D eigenvalue weighted by Gasteiger charge is 2.32. The molecule has 2 heterocycles. The Balaban J connectivity index is 2.16. The van der Waals surface area contributed by atoms with E-state index in [0.29, 0.717) is 18.8 Å². The number of amides is 1. The highest BCUT2D eigenvalue weighted by molar-refractivity contribution is 9.10. The zero-order valence-electron chi connectivity index (χ0n) is 10.1. The van der Waals surface area contributed by atoms with E-state index >= 15 is 0 Å². The average molecular weight is 329 g/mol. The number of rotatable bonds is 2. The summed E-state index contributed by atoms with van der Waals surface area (Å²) in [6.07, 6.45) is 0.404. The van der Waals surface area contributed by atoms with Crippen LogP contribution >= 0.6 is 27.7 Å². The first-order chi connectivity index (χ1) is 8.47. The lowest BCUT2D eigenvalue weighted by Crippen LogP contribution is -2.26. The maximum absolute atomic E-state index is 11.9. The van der Waals surface area contributed by atoms with Crippen molar-refractivity contribution in [3.63, 3.8) is 0 Å². The van der Waals surface area contributed by atoms with Gasteiger partial charge in [0.15, 0.2) is 5.12 Å². The molecule has 6 heteroatoms. The predicted molar refractivity (Wildman–Crippen MR) is 75.7 cm³/mol. The summed E-state index contributed by atoms with van der Waals surface area (Å²) in [5, 5.41) is 0.0929. The number of thioether (sulfide) groups is 1. The van der Waals surface area contributed by atoms with Crippen LogP contribution in [0.3, 0.4) is 0 Å². The van der Waals surface area contributed by atoms with E-state index < -0.39 is 0 Å². The molecule has 1 aliphatic rings. The van der Waals surface area contributed by atoms with Crippen molar-refractivity contribution in [2.75, 3.05) is 11.4 Å². The Bertz CT molecular complexity index is 507. The van der Waals surface area contributed by atoms with E-state index in [4.69, 9.17) is 0 Å². The summed E-state index contributed by atoms with van der Waals surface area (Å²) >= 11 is 4.62. The van der Waals surface area contributed by atoms with Crippen LogP contribution in [0, 0.1) is 6.92 Å². The molecule has 1 atom stereocenters. The molecule has 0 aromatic carbocycles. The Morgan fingerprint density at radius 2 is 2.28 bits per heavy atom. The molecule has 1 amide bonds. The molecule has 1 aromatic rings. The average Bonchev–Trinajstić information content (AvgIpc) is 2.62. The number of hydrogen-bond donors (Lipinski definition) is 0. The smallest absolute Gasteiger partial charge is 0.229 e. The summed E-state index contributed by atoms with van der Waals surface area (Å²) < 4.78 is 0.924. The number of pyridine rings is 1. The van der Waals surface area contributed by atoms with E-state index in [2.05, 4.69) is 20.9 Å². The van der Waals surface area contributed by atoms with Gasteiger partial charge >= 0.3 is 0 Å². The quantitative estimate of drug-likeness (QED) is 0.837. The zero-order chi connectivity index (χ0) is 13.3. The Hall–Kier alpha value is -0.880. The third kappa shape index (κ3) is 2.92. The van der Waals surface area contributed by atoms with Gasteiger partial charge in [0.2, 0.25) is 5.91 Å². The van der Waals surface area contributed by atoms with Crippen LogP contribution in [0.15, 0.2) is 16.6 Å². The number of aryl methyl sites for hydroxylation is 1. The Morgan fingerprint density at radius 3 is 2.89 bits per heavy atom. The second kappa shape index (κ2) is 5.40. The molecule has 0 N–H and O–H groups in total. The van der Waals surface area contributed by atoms with Crippen molar-refractivity contribution in [3.8, 4) is 0 Å². The van der Waals surface area contributed by atoms with Gasteiger partial charge in [-0.25, -0.2) is 4.98 Å². The molecule has 1 unspecified atom stereocenters. The van der Waals surface area contributed by atoms with Crippen molar-refractivity contribution >= 4 is 44.5 Å². The van der Waals surface area contributed by atoms with Crippen LogP contribution in [-0.4, -0.2) is 27.8 Å². The second-order valence-electron chi connectivity index (χ2n) is 4.18. The van der Waals surface area contributed by atoms with Gasteiger partial charge in [0.05, 0.1) is 5.69 Å². The lowest BCUT2D eigenvalue weighted by molar-refractivity contribution is -0.117. The van der Waals surface area contributed by atoms with Crippen molar-refractivity contribution in [2.24, 2.45) is 0 Å². The van der Waals surface area contributed by atoms with E-state index in [-0.39, 0.29) is 16.3 Å². The van der Waals surface area contributed by atoms with Gasteiger partial charge in [0.1, 0.15) is 5.82 Å². The van der Waals surface area contributed by atoms with Gasteiger partial charge in [-0.05, 0) is 35.0 Å². The minimum absolute atomic E-state index is 0.0305. The summed E-state index contributed by atoms with van der Waals surface area (Å²) in [5.41, 5.74) is 0.850. The number of carbonyl (C=O) groups is 2. The summed E-state index contributed by atoms with van der Waals surface area (Å²) in [4.78, 5) is 29.0. The fourth-order valence-corrected chi connectivity index (χ4v) is 3.03. The first-order valence-corrected chi connectivity index (χ1v) is 7.25. The van der Waals surface area contributed by atoms with Crippen molar-refractivity contribution in [3.05, 3.63) is 22.3 Å². The number of aromatic nitrogens is 1. The molecule has 0 bridgehead atoms. The number of anilines is 1. The Morgan fingerprint density at radius 1 is 1.56 bits per heavy atom. The first-order valence-electron chi connectivity index (χ1n) is 5.58. The van der Waals surface area contributed by atoms with Crippen LogP contribution in [0.2, 0.25) is 0 Å². The molecule has 0 saturated carbocycles. The largest absolute Gasteiger partial charge is 0.296 e. The highest BCUT2D eigenvalue weighted by Crippen LogP contribution is 2.28. The minimum Gasteiger partial charge on any atom is -0.296 e. The van der Waals surface area contributed by atoms with Gasteiger partial charge in [-0.2, -0.15) is 0 Å². The predicted octanol–water partition coefficient (Wildman–Crippen LogP) is 2.54. The Labute approximate surface area is 118 Å². The highest BCUT2D eigenvalue weighted by atomic mass is 79.9.